The SMILES string of the molecule is C=N/C(=C\CC[C@H](C(=C)C)C(C)(C)C)c1ccc(C#N)nc1.CC. The molecule has 0 fully saturated rings. The summed E-state index contributed by atoms with van der Waals surface area (Å²) in [4.78, 5) is 8.16. The third-order valence-corrected chi connectivity index (χ3v) is 3.78. The molecule has 3 heteroatoms. The van der Waals surface area contributed by atoms with Gasteiger partial charge < -0.3 is 0 Å². The third kappa shape index (κ3) is 6.91. The average molecular weight is 326 g/mol. The number of hydrogen-bond acceptors (Lipinski definition) is 3. The highest BCUT2D eigenvalue weighted by Gasteiger charge is 2.24. The molecule has 1 rings (SSSR count). The summed E-state index contributed by atoms with van der Waals surface area (Å²) in [7, 11) is 0. The highest BCUT2D eigenvalue weighted by molar-refractivity contribution is 5.67. The Balaban J connectivity index is 0.00000254. The lowest BCUT2D eigenvalue weighted by atomic mass is 9.74. The number of pyridine rings is 1. The average Bonchev–Trinajstić information content (AvgIpc) is 2.55. The second kappa shape index (κ2) is 10.5. The van der Waals surface area contributed by atoms with Gasteiger partial charge in [-0.2, -0.15) is 5.26 Å². The molecule has 3 nitrogen and oxygen atoms in total. The number of rotatable bonds is 6. The molecule has 24 heavy (non-hydrogen) atoms. The van der Waals surface area contributed by atoms with E-state index in [4.69, 9.17) is 5.26 Å². The molecule has 1 aromatic rings. The largest absolute Gasteiger partial charge is 0.264 e. The van der Waals surface area contributed by atoms with E-state index in [0.717, 1.165) is 24.1 Å². The Hall–Kier alpha value is -2.21. The van der Waals surface area contributed by atoms with Gasteiger partial charge in [0.25, 0.3) is 0 Å². The van der Waals surface area contributed by atoms with Gasteiger partial charge >= 0.3 is 0 Å². The van der Waals surface area contributed by atoms with Crippen molar-refractivity contribution in [1.82, 2.24) is 4.98 Å². The first kappa shape index (κ1) is 21.8. The normalized spacial score (nSPS) is 12.5. The Morgan fingerprint density at radius 2 is 2.00 bits per heavy atom. The number of nitrogens with zero attached hydrogens (tertiary/aromatic N) is 3. The second-order valence-corrected chi connectivity index (χ2v) is 6.63. The fraction of sp³-hybridized carbons (Fsp3) is 0.476. The Labute approximate surface area is 147 Å². The Morgan fingerprint density at radius 1 is 1.38 bits per heavy atom. The van der Waals surface area contributed by atoms with Gasteiger partial charge in [-0.3, -0.25) is 4.99 Å². The minimum Gasteiger partial charge on any atom is -0.264 e. The molecule has 1 aromatic heterocycles. The van der Waals surface area contributed by atoms with Crippen molar-refractivity contribution in [2.24, 2.45) is 16.3 Å². The van der Waals surface area contributed by atoms with Gasteiger partial charge in [-0.25, -0.2) is 4.98 Å². The quantitative estimate of drug-likeness (QED) is 0.473. The fourth-order valence-corrected chi connectivity index (χ4v) is 2.69. The van der Waals surface area contributed by atoms with Crippen molar-refractivity contribution in [3.8, 4) is 6.07 Å². The van der Waals surface area contributed by atoms with Crippen molar-refractivity contribution in [1.29, 1.82) is 5.26 Å². The topological polar surface area (TPSA) is 49.0 Å². The number of aliphatic imine (C=N–C) groups is 1. The molecule has 0 aliphatic heterocycles. The molecule has 0 N–H and O–H groups in total. The third-order valence-electron chi connectivity index (χ3n) is 3.78. The summed E-state index contributed by atoms with van der Waals surface area (Å²) in [5.74, 6) is 0.467. The molecule has 0 aliphatic carbocycles. The smallest absolute Gasteiger partial charge is 0.140 e. The zero-order valence-electron chi connectivity index (χ0n) is 16.1. The van der Waals surface area contributed by atoms with E-state index in [1.165, 1.54) is 5.57 Å². The highest BCUT2D eigenvalue weighted by atomic mass is 14.7. The molecule has 0 radical (unpaired) electrons. The fourth-order valence-electron chi connectivity index (χ4n) is 2.69. The lowest BCUT2D eigenvalue weighted by molar-refractivity contribution is 0.266. The standard InChI is InChI=1S/C19H25N3.C2H6/c1-14(2)17(19(3,4)5)8-7-9-18(21-6)15-10-11-16(12-20)22-13-15;1-2/h9-11,13,17H,1,6-8H2,2-5H3;1-2H3/b18-9-;/t17-;/m1./s1. The summed E-state index contributed by atoms with van der Waals surface area (Å²) in [6.45, 7) is 20.6. The maximum atomic E-state index is 8.78. The first-order valence-electron chi connectivity index (χ1n) is 8.48. The van der Waals surface area contributed by atoms with Crippen LogP contribution in [-0.4, -0.2) is 11.7 Å². The first-order valence-corrected chi connectivity index (χ1v) is 8.48. The van der Waals surface area contributed by atoms with Crippen LogP contribution in [0.2, 0.25) is 0 Å². The zero-order valence-corrected chi connectivity index (χ0v) is 16.1. The molecular formula is C21H31N3. The van der Waals surface area contributed by atoms with E-state index >= 15 is 0 Å². The summed E-state index contributed by atoms with van der Waals surface area (Å²) in [6.07, 6.45) is 5.68. The van der Waals surface area contributed by atoms with Gasteiger partial charge in [0, 0.05) is 11.8 Å². The maximum Gasteiger partial charge on any atom is 0.140 e. The van der Waals surface area contributed by atoms with Crippen LogP contribution in [0.25, 0.3) is 5.70 Å². The van der Waals surface area contributed by atoms with Crippen LogP contribution in [0, 0.1) is 22.7 Å². The van der Waals surface area contributed by atoms with Crippen molar-refractivity contribution >= 4 is 12.4 Å². The number of allylic oxidation sites excluding steroid dienone is 2. The van der Waals surface area contributed by atoms with Gasteiger partial charge in [0.2, 0.25) is 0 Å². The number of aromatic nitrogens is 1. The van der Waals surface area contributed by atoms with E-state index in [1.54, 1.807) is 12.3 Å². The Morgan fingerprint density at radius 3 is 2.38 bits per heavy atom. The van der Waals surface area contributed by atoms with Crippen LogP contribution in [0.4, 0.5) is 0 Å². The van der Waals surface area contributed by atoms with Gasteiger partial charge in [-0.1, -0.05) is 52.8 Å². The summed E-state index contributed by atoms with van der Waals surface area (Å²) in [6, 6.07) is 5.56. The summed E-state index contributed by atoms with van der Waals surface area (Å²) < 4.78 is 0. The van der Waals surface area contributed by atoms with Crippen molar-refractivity contribution in [3.63, 3.8) is 0 Å². The molecule has 0 aromatic carbocycles. The van der Waals surface area contributed by atoms with Crippen LogP contribution in [0.15, 0.2) is 41.6 Å². The Kier molecular flexibility index (Phi) is 9.57. The highest BCUT2D eigenvalue weighted by Crippen LogP contribution is 2.35. The summed E-state index contributed by atoms with van der Waals surface area (Å²) in [5, 5.41) is 8.78. The maximum absolute atomic E-state index is 8.78. The summed E-state index contributed by atoms with van der Waals surface area (Å²) in [5.41, 5.74) is 3.52. The first-order chi connectivity index (χ1) is 11.3. The predicted octanol–water partition coefficient (Wildman–Crippen LogP) is 6.04. The van der Waals surface area contributed by atoms with E-state index in [1.807, 2.05) is 26.0 Å². The molecule has 1 atom stereocenters. The van der Waals surface area contributed by atoms with Gasteiger partial charge in [0.15, 0.2) is 0 Å². The molecule has 0 amide bonds. The van der Waals surface area contributed by atoms with Crippen LogP contribution in [0.1, 0.15) is 65.6 Å². The predicted molar refractivity (Wildman–Crippen MR) is 105 cm³/mol. The van der Waals surface area contributed by atoms with Gasteiger partial charge in [-0.05, 0) is 49.9 Å². The molecule has 0 bridgehead atoms. The van der Waals surface area contributed by atoms with Crippen molar-refractivity contribution < 1.29 is 0 Å². The Bertz CT molecular complexity index is 595. The lowest BCUT2D eigenvalue weighted by Crippen LogP contribution is -2.21. The molecule has 0 unspecified atom stereocenters. The van der Waals surface area contributed by atoms with Gasteiger partial charge in [0.05, 0.1) is 5.70 Å². The van der Waals surface area contributed by atoms with Crippen LogP contribution in [0.5, 0.6) is 0 Å². The van der Waals surface area contributed by atoms with Crippen molar-refractivity contribution in [3.05, 3.63) is 47.8 Å². The number of nitriles is 1. The minimum atomic E-state index is 0.206. The van der Waals surface area contributed by atoms with Crippen LogP contribution < -0.4 is 0 Å². The molecule has 0 saturated carbocycles. The van der Waals surface area contributed by atoms with E-state index in [2.05, 4.69) is 57.0 Å². The lowest BCUT2D eigenvalue weighted by Gasteiger charge is -2.31. The van der Waals surface area contributed by atoms with Gasteiger partial charge in [0.1, 0.15) is 11.8 Å². The molecule has 0 saturated heterocycles. The molecule has 0 aliphatic rings. The molecule has 0 spiro atoms. The van der Waals surface area contributed by atoms with Gasteiger partial charge in [-0.15, -0.1) is 0 Å². The van der Waals surface area contributed by atoms with E-state index < -0.39 is 0 Å². The van der Waals surface area contributed by atoms with Crippen molar-refractivity contribution in [2.75, 3.05) is 0 Å². The van der Waals surface area contributed by atoms with E-state index in [-0.39, 0.29) is 5.41 Å². The van der Waals surface area contributed by atoms with Crippen LogP contribution >= 0.6 is 0 Å². The zero-order chi connectivity index (χ0) is 18.8. The van der Waals surface area contributed by atoms with Crippen molar-refractivity contribution in [2.45, 2.75) is 54.4 Å². The second-order valence-electron chi connectivity index (χ2n) is 6.63. The number of hydrogen-bond donors (Lipinski definition) is 0. The van der Waals surface area contributed by atoms with Crippen LogP contribution in [-0.2, 0) is 0 Å². The monoisotopic (exact) mass is 325 g/mol. The van der Waals surface area contributed by atoms with E-state index in [0.29, 0.717) is 11.6 Å². The molecular weight excluding hydrogens is 294 g/mol. The van der Waals surface area contributed by atoms with Crippen LogP contribution in [0.3, 0.4) is 0 Å². The minimum absolute atomic E-state index is 0.206. The summed E-state index contributed by atoms with van der Waals surface area (Å²) >= 11 is 0. The van der Waals surface area contributed by atoms with E-state index in [9.17, 15) is 0 Å². The molecule has 130 valence electrons. The molecule has 1 heterocycles.